The first-order chi connectivity index (χ1) is 9.01. The summed E-state index contributed by atoms with van der Waals surface area (Å²) in [6.07, 6.45) is 0.676. The highest BCUT2D eigenvalue weighted by molar-refractivity contribution is 6.30. The molecule has 0 aliphatic rings. The normalized spacial score (nSPS) is 11.8. The maximum absolute atomic E-state index is 5.96. The smallest absolute Gasteiger partial charge is 0.181 e. The number of hydrogen-bond donors (Lipinski definition) is 1. The Morgan fingerprint density at radius 3 is 2.84 bits per heavy atom. The molecular formula is C14H18ClN3O. The highest BCUT2D eigenvalue weighted by Crippen LogP contribution is 2.21. The molecule has 102 valence electrons. The van der Waals surface area contributed by atoms with Crippen molar-refractivity contribution in [2.45, 2.75) is 32.8 Å². The fourth-order valence-electron chi connectivity index (χ4n) is 1.91. The highest BCUT2D eigenvalue weighted by atomic mass is 35.5. The van der Waals surface area contributed by atoms with Crippen molar-refractivity contribution in [1.29, 1.82) is 0 Å². The van der Waals surface area contributed by atoms with Gasteiger partial charge in [-0.25, -0.2) is 4.98 Å². The molecule has 0 unspecified atom stereocenters. The zero-order valence-electron chi connectivity index (χ0n) is 11.4. The average Bonchev–Trinajstić information content (AvgIpc) is 2.78. The first kappa shape index (κ1) is 14.0. The number of hydrogen-bond acceptors (Lipinski definition) is 3. The molecule has 1 aromatic carbocycles. The van der Waals surface area contributed by atoms with Crippen LogP contribution in [0, 0.1) is 0 Å². The van der Waals surface area contributed by atoms with Gasteiger partial charge < -0.3 is 4.74 Å². The predicted molar refractivity (Wildman–Crippen MR) is 75.3 cm³/mol. The van der Waals surface area contributed by atoms with E-state index < -0.39 is 5.60 Å². The minimum absolute atomic E-state index is 0.474. The summed E-state index contributed by atoms with van der Waals surface area (Å²) >= 11 is 5.96. The first-order valence-electron chi connectivity index (χ1n) is 6.31. The molecule has 19 heavy (non-hydrogen) atoms. The van der Waals surface area contributed by atoms with Gasteiger partial charge in [-0.1, -0.05) is 23.7 Å². The van der Waals surface area contributed by atoms with Crippen molar-refractivity contribution >= 4 is 11.6 Å². The Hall–Kier alpha value is -1.39. The summed E-state index contributed by atoms with van der Waals surface area (Å²) in [7, 11) is 0. The van der Waals surface area contributed by atoms with Crippen molar-refractivity contribution < 1.29 is 4.74 Å². The average molecular weight is 280 g/mol. The van der Waals surface area contributed by atoms with E-state index in [1.807, 2.05) is 45.0 Å². The number of aromatic amines is 1. The van der Waals surface area contributed by atoms with Crippen LogP contribution in [0.5, 0.6) is 0 Å². The maximum atomic E-state index is 5.96. The molecule has 0 radical (unpaired) electrons. The molecule has 2 aromatic rings. The Balaban J connectivity index is 2.13. The van der Waals surface area contributed by atoms with Gasteiger partial charge in [-0.2, -0.15) is 5.10 Å². The van der Waals surface area contributed by atoms with Crippen molar-refractivity contribution in [3.8, 4) is 0 Å². The van der Waals surface area contributed by atoms with Crippen molar-refractivity contribution in [3.05, 3.63) is 46.5 Å². The number of benzene rings is 1. The molecule has 0 aliphatic carbocycles. The highest BCUT2D eigenvalue weighted by Gasteiger charge is 2.25. The number of nitrogens with one attached hydrogen (secondary N) is 1. The van der Waals surface area contributed by atoms with Gasteiger partial charge in [0.25, 0.3) is 0 Å². The molecule has 0 atom stereocenters. The van der Waals surface area contributed by atoms with Crippen molar-refractivity contribution in [2.75, 3.05) is 6.61 Å². The first-order valence-corrected chi connectivity index (χ1v) is 6.69. The van der Waals surface area contributed by atoms with Crippen LogP contribution < -0.4 is 0 Å². The SMILES string of the molecule is CCOC(C)(C)c1n[nH]c(Cc2cccc(Cl)c2)n1. The molecule has 0 saturated heterocycles. The van der Waals surface area contributed by atoms with E-state index in [4.69, 9.17) is 16.3 Å². The van der Waals surface area contributed by atoms with Crippen LogP contribution in [0.15, 0.2) is 24.3 Å². The molecule has 1 aromatic heterocycles. The molecular weight excluding hydrogens is 262 g/mol. The molecule has 0 fully saturated rings. The Kier molecular flexibility index (Phi) is 4.22. The Morgan fingerprint density at radius 1 is 1.37 bits per heavy atom. The molecule has 0 aliphatic heterocycles. The van der Waals surface area contributed by atoms with E-state index in [0.717, 1.165) is 16.4 Å². The monoisotopic (exact) mass is 279 g/mol. The summed E-state index contributed by atoms with van der Waals surface area (Å²) in [5.74, 6) is 1.48. The second kappa shape index (κ2) is 5.72. The van der Waals surface area contributed by atoms with E-state index in [2.05, 4.69) is 15.2 Å². The van der Waals surface area contributed by atoms with Gasteiger partial charge in [-0.15, -0.1) is 0 Å². The number of nitrogens with zero attached hydrogens (tertiary/aromatic N) is 2. The largest absolute Gasteiger partial charge is 0.368 e. The van der Waals surface area contributed by atoms with Gasteiger partial charge in [0.1, 0.15) is 11.4 Å². The van der Waals surface area contributed by atoms with E-state index in [-0.39, 0.29) is 0 Å². The quantitative estimate of drug-likeness (QED) is 0.913. The summed E-state index contributed by atoms with van der Waals surface area (Å²) in [6.45, 7) is 6.51. The van der Waals surface area contributed by atoms with Gasteiger partial charge in [-0.3, -0.25) is 5.10 Å². The van der Waals surface area contributed by atoms with Crippen LogP contribution in [0.4, 0.5) is 0 Å². The molecule has 0 amide bonds. The fraction of sp³-hybridized carbons (Fsp3) is 0.429. The molecule has 5 heteroatoms. The zero-order valence-corrected chi connectivity index (χ0v) is 12.2. The van der Waals surface area contributed by atoms with E-state index in [1.54, 1.807) is 0 Å². The third-order valence-electron chi connectivity index (χ3n) is 2.84. The molecule has 0 saturated carbocycles. The van der Waals surface area contributed by atoms with Crippen LogP contribution in [0.1, 0.15) is 38.0 Å². The van der Waals surface area contributed by atoms with Gasteiger partial charge >= 0.3 is 0 Å². The number of aromatic nitrogens is 3. The summed E-state index contributed by atoms with van der Waals surface area (Å²) in [5, 5.41) is 7.91. The van der Waals surface area contributed by atoms with Crippen LogP contribution in [0.25, 0.3) is 0 Å². The lowest BCUT2D eigenvalue weighted by atomic mass is 10.1. The van der Waals surface area contributed by atoms with E-state index in [9.17, 15) is 0 Å². The lowest BCUT2D eigenvalue weighted by Crippen LogP contribution is -2.23. The van der Waals surface area contributed by atoms with Gasteiger partial charge in [0, 0.05) is 18.1 Å². The van der Waals surface area contributed by atoms with Crippen LogP contribution >= 0.6 is 11.6 Å². The lowest BCUT2D eigenvalue weighted by molar-refractivity contribution is -0.0205. The topological polar surface area (TPSA) is 50.8 Å². The summed E-state index contributed by atoms with van der Waals surface area (Å²) in [4.78, 5) is 4.49. The van der Waals surface area contributed by atoms with E-state index in [1.165, 1.54) is 0 Å². The Labute approximate surface area is 118 Å². The Morgan fingerprint density at radius 2 is 2.16 bits per heavy atom. The summed E-state index contributed by atoms with van der Waals surface area (Å²) < 4.78 is 5.63. The second-order valence-corrected chi connectivity index (χ2v) is 5.29. The minimum atomic E-state index is -0.474. The number of halogens is 1. The summed E-state index contributed by atoms with van der Waals surface area (Å²) in [5.41, 5.74) is 0.627. The predicted octanol–water partition coefficient (Wildman–Crippen LogP) is 3.32. The lowest BCUT2D eigenvalue weighted by Gasteiger charge is -2.20. The van der Waals surface area contributed by atoms with Crippen molar-refractivity contribution in [1.82, 2.24) is 15.2 Å². The summed E-state index contributed by atoms with van der Waals surface area (Å²) in [6, 6.07) is 7.73. The van der Waals surface area contributed by atoms with Gasteiger partial charge in [0.2, 0.25) is 0 Å². The van der Waals surface area contributed by atoms with Crippen molar-refractivity contribution in [3.63, 3.8) is 0 Å². The van der Waals surface area contributed by atoms with Crippen LogP contribution in [0.2, 0.25) is 5.02 Å². The molecule has 2 rings (SSSR count). The second-order valence-electron chi connectivity index (χ2n) is 4.86. The molecule has 1 N–H and O–H groups in total. The van der Waals surface area contributed by atoms with E-state index >= 15 is 0 Å². The number of H-pyrrole nitrogens is 1. The van der Waals surface area contributed by atoms with E-state index in [0.29, 0.717) is 18.9 Å². The van der Waals surface area contributed by atoms with Crippen molar-refractivity contribution in [2.24, 2.45) is 0 Å². The fourth-order valence-corrected chi connectivity index (χ4v) is 2.12. The third kappa shape index (κ3) is 3.55. The van der Waals surface area contributed by atoms with Gasteiger partial charge in [0.05, 0.1) is 0 Å². The molecule has 1 heterocycles. The Bertz CT molecular complexity index is 551. The molecule has 0 spiro atoms. The number of ether oxygens (including phenoxy) is 1. The van der Waals surface area contributed by atoms with Crippen LogP contribution in [0.3, 0.4) is 0 Å². The van der Waals surface area contributed by atoms with Crippen LogP contribution in [-0.4, -0.2) is 21.8 Å². The van der Waals surface area contributed by atoms with Gasteiger partial charge in [-0.05, 0) is 38.5 Å². The maximum Gasteiger partial charge on any atom is 0.181 e. The van der Waals surface area contributed by atoms with Gasteiger partial charge in [0.15, 0.2) is 5.82 Å². The molecule has 4 nitrogen and oxygen atoms in total. The zero-order chi connectivity index (χ0) is 13.9. The standard InChI is InChI=1S/C14H18ClN3O/c1-4-19-14(2,3)13-16-12(17-18-13)9-10-6-5-7-11(15)8-10/h5-8H,4,9H2,1-3H3,(H,16,17,18). The number of rotatable bonds is 5. The molecule has 0 bridgehead atoms. The third-order valence-corrected chi connectivity index (χ3v) is 3.07. The minimum Gasteiger partial charge on any atom is -0.368 e. The van der Waals surface area contributed by atoms with Crippen LogP contribution in [-0.2, 0) is 16.8 Å².